The van der Waals surface area contributed by atoms with Crippen LogP contribution in [0, 0.1) is 0 Å². The van der Waals surface area contributed by atoms with Crippen LogP contribution in [0.5, 0.6) is 0 Å². The van der Waals surface area contributed by atoms with Gasteiger partial charge >= 0.3 is 0 Å². The maximum atomic E-state index is 4.93. The maximum absolute atomic E-state index is 4.93. The molecule has 0 aliphatic carbocycles. The van der Waals surface area contributed by atoms with E-state index in [0.29, 0.717) is 6.61 Å². The minimum absolute atomic E-state index is 0.707. The number of rotatable bonds is 1. The van der Waals surface area contributed by atoms with Gasteiger partial charge in [0, 0.05) is 6.42 Å². The number of hydrogen-bond donors (Lipinski definition) is 0. The molecule has 1 rings (SSSR count). The molecule has 0 saturated carbocycles. The van der Waals surface area contributed by atoms with Crippen molar-refractivity contribution in [3.8, 4) is 0 Å². The Kier molecular flexibility index (Phi) is 2.13. The molecule has 3 nitrogen and oxygen atoms in total. The minimum atomic E-state index is 0.707. The van der Waals surface area contributed by atoms with Gasteiger partial charge in [-0.3, -0.25) is 0 Å². The minimum Gasteiger partial charge on any atom is -0.501 e. The van der Waals surface area contributed by atoms with Gasteiger partial charge in [0.15, 0.2) is 0 Å². The maximum Gasteiger partial charge on any atom is 0.106 e. The van der Waals surface area contributed by atoms with Crippen LogP contribution in [-0.2, 0) is 9.57 Å². The van der Waals surface area contributed by atoms with Crippen molar-refractivity contribution in [2.24, 2.45) is 5.16 Å². The van der Waals surface area contributed by atoms with Gasteiger partial charge in [0.25, 0.3) is 0 Å². The lowest BCUT2D eigenvalue weighted by Gasteiger charge is -2.05. The summed E-state index contributed by atoms with van der Waals surface area (Å²) < 4.78 is 4.93. The third kappa shape index (κ3) is 1.76. The fourth-order valence-corrected chi connectivity index (χ4v) is 0.635. The lowest BCUT2D eigenvalue weighted by Crippen LogP contribution is -2.04. The van der Waals surface area contributed by atoms with Gasteiger partial charge in [-0.1, -0.05) is 5.16 Å². The quantitative estimate of drug-likeness (QED) is 0.490. The first-order valence-electron chi connectivity index (χ1n) is 2.81. The van der Waals surface area contributed by atoms with Gasteiger partial charge in [0.2, 0.25) is 0 Å². The fraction of sp³-hybridized carbons (Fsp3) is 0.500. The summed E-state index contributed by atoms with van der Waals surface area (Å²) in [6.07, 6.45) is 4.26. The van der Waals surface area contributed by atoms with Gasteiger partial charge in [0.1, 0.15) is 7.11 Å². The summed E-state index contributed by atoms with van der Waals surface area (Å²) in [7, 11) is 1.54. The molecule has 0 spiro atoms. The molecule has 50 valence electrons. The second-order valence-electron chi connectivity index (χ2n) is 1.69. The van der Waals surface area contributed by atoms with E-state index >= 15 is 0 Å². The lowest BCUT2D eigenvalue weighted by atomic mass is 10.2. The Morgan fingerprint density at radius 2 is 2.67 bits per heavy atom. The average Bonchev–Trinajstić information content (AvgIpc) is 1.91. The van der Waals surface area contributed by atoms with Crippen molar-refractivity contribution in [3.05, 3.63) is 12.3 Å². The van der Waals surface area contributed by atoms with Gasteiger partial charge in [-0.2, -0.15) is 0 Å². The molecule has 0 N–H and O–H groups in total. The van der Waals surface area contributed by atoms with Gasteiger partial charge < -0.3 is 9.57 Å². The van der Waals surface area contributed by atoms with Crippen LogP contribution in [0.4, 0.5) is 0 Å². The average molecular weight is 127 g/mol. The molecule has 1 aliphatic heterocycles. The van der Waals surface area contributed by atoms with E-state index < -0.39 is 0 Å². The Morgan fingerprint density at radius 1 is 1.78 bits per heavy atom. The van der Waals surface area contributed by atoms with Gasteiger partial charge in [-0.15, -0.1) is 0 Å². The zero-order valence-corrected chi connectivity index (χ0v) is 5.33. The van der Waals surface area contributed by atoms with Crippen molar-refractivity contribution in [2.75, 3.05) is 13.7 Å². The van der Waals surface area contributed by atoms with Crippen LogP contribution in [0.1, 0.15) is 6.42 Å². The molecule has 0 aromatic heterocycles. The molecule has 0 aromatic carbocycles. The highest BCUT2D eigenvalue weighted by atomic mass is 16.6. The molecule has 3 heteroatoms. The van der Waals surface area contributed by atoms with Crippen LogP contribution in [0.3, 0.4) is 0 Å². The normalized spacial score (nSPS) is 21.7. The van der Waals surface area contributed by atoms with E-state index in [1.165, 1.54) is 7.11 Å². The van der Waals surface area contributed by atoms with Crippen LogP contribution in [0.25, 0.3) is 0 Å². The second kappa shape index (κ2) is 3.12. The molecular weight excluding hydrogens is 118 g/mol. The summed E-state index contributed by atoms with van der Waals surface area (Å²) in [6, 6.07) is 0. The first-order chi connectivity index (χ1) is 4.43. The van der Waals surface area contributed by atoms with Gasteiger partial charge in [0.05, 0.1) is 18.6 Å². The molecule has 0 unspecified atom stereocenters. The third-order valence-corrected chi connectivity index (χ3v) is 1.04. The number of nitrogens with zero attached hydrogens (tertiary/aromatic N) is 1. The van der Waals surface area contributed by atoms with Crippen LogP contribution < -0.4 is 0 Å². The zero-order valence-electron chi connectivity index (χ0n) is 5.33. The Labute approximate surface area is 53.9 Å². The molecule has 0 saturated heterocycles. The van der Waals surface area contributed by atoms with Crippen LogP contribution in [0.15, 0.2) is 17.5 Å². The molecule has 0 amide bonds. The molecule has 0 atom stereocenters. The van der Waals surface area contributed by atoms with E-state index in [9.17, 15) is 0 Å². The highest BCUT2D eigenvalue weighted by Gasteiger charge is 1.99. The highest BCUT2D eigenvalue weighted by Crippen LogP contribution is 1.98. The molecule has 9 heavy (non-hydrogen) atoms. The topological polar surface area (TPSA) is 30.8 Å². The molecule has 0 aromatic rings. The standard InChI is InChI=1S/C6H9NO2/c1-8-7-6-2-4-9-5-3-6/h2,4H,3,5H2,1H3. The van der Waals surface area contributed by atoms with Crippen molar-refractivity contribution < 1.29 is 9.57 Å². The smallest absolute Gasteiger partial charge is 0.106 e. The number of allylic oxidation sites excluding steroid dienone is 1. The Bertz CT molecular complexity index is 140. The SMILES string of the molecule is CON=C1C=COCC1. The fourth-order valence-electron chi connectivity index (χ4n) is 0.635. The van der Waals surface area contributed by atoms with E-state index in [2.05, 4.69) is 9.99 Å². The molecule has 0 radical (unpaired) electrons. The number of ether oxygens (including phenoxy) is 1. The molecule has 1 heterocycles. The monoisotopic (exact) mass is 127 g/mol. The summed E-state index contributed by atoms with van der Waals surface area (Å²) >= 11 is 0. The molecule has 0 fully saturated rings. The number of hydrogen-bond acceptors (Lipinski definition) is 3. The van der Waals surface area contributed by atoms with Gasteiger partial charge in [-0.05, 0) is 6.08 Å². The summed E-state index contributed by atoms with van der Waals surface area (Å²) in [5.41, 5.74) is 0.934. The van der Waals surface area contributed by atoms with Gasteiger partial charge in [-0.25, -0.2) is 0 Å². The second-order valence-corrected chi connectivity index (χ2v) is 1.69. The van der Waals surface area contributed by atoms with Crippen molar-refractivity contribution in [3.63, 3.8) is 0 Å². The van der Waals surface area contributed by atoms with E-state index in [4.69, 9.17) is 4.74 Å². The van der Waals surface area contributed by atoms with Crippen LogP contribution in [-0.4, -0.2) is 19.4 Å². The molecule has 1 aliphatic rings. The Balaban J connectivity index is 2.49. The summed E-state index contributed by atoms with van der Waals surface area (Å²) in [5.74, 6) is 0. The number of oxime groups is 1. The Morgan fingerprint density at radius 3 is 3.22 bits per heavy atom. The van der Waals surface area contributed by atoms with Crippen molar-refractivity contribution in [1.29, 1.82) is 0 Å². The summed E-state index contributed by atoms with van der Waals surface area (Å²) in [4.78, 5) is 4.56. The Hall–Kier alpha value is -0.990. The van der Waals surface area contributed by atoms with E-state index in [0.717, 1.165) is 12.1 Å². The summed E-state index contributed by atoms with van der Waals surface area (Å²) in [6.45, 7) is 0.707. The van der Waals surface area contributed by atoms with Crippen LogP contribution in [0.2, 0.25) is 0 Å². The van der Waals surface area contributed by atoms with E-state index in [-0.39, 0.29) is 0 Å². The van der Waals surface area contributed by atoms with Crippen molar-refractivity contribution >= 4 is 5.71 Å². The summed E-state index contributed by atoms with van der Waals surface area (Å²) in [5, 5.41) is 3.73. The zero-order chi connectivity index (χ0) is 6.53. The lowest BCUT2D eigenvalue weighted by molar-refractivity contribution is 0.207. The third-order valence-electron chi connectivity index (χ3n) is 1.04. The highest BCUT2D eigenvalue weighted by molar-refractivity contribution is 5.94. The predicted octanol–water partition coefficient (Wildman–Crippen LogP) is 0.923. The van der Waals surface area contributed by atoms with E-state index in [1.54, 1.807) is 12.3 Å². The first-order valence-corrected chi connectivity index (χ1v) is 2.81. The van der Waals surface area contributed by atoms with Crippen LogP contribution >= 0.6 is 0 Å². The molecule has 0 bridgehead atoms. The van der Waals surface area contributed by atoms with Crippen molar-refractivity contribution in [1.82, 2.24) is 0 Å². The molecular formula is C6H9NO2. The van der Waals surface area contributed by atoms with Crippen molar-refractivity contribution in [2.45, 2.75) is 6.42 Å². The first kappa shape index (κ1) is 6.13. The van der Waals surface area contributed by atoms with E-state index in [1.807, 2.05) is 0 Å². The predicted molar refractivity (Wildman–Crippen MR) is 34.2 cm³/mol. The largest absolute Gasteiger partial charge is 0.501 e.